The van der Waals surface area contributed by atoms with E-state index in [0.29, 0.717) is 5.92 Å². The molecule has 0 amide bonds. The van der Waals surface area contributed by atoms with Crippen molar-refractivity contribution in [3.63, 3.8) is 0 Å². The number of likely N-dealkylation sites (tertiary alicyclic amines) is 1. The Balaban J connectivity index is 2.25. The molecule has 1 fully saturated rings. The standard InChI is InChI=1S/C13H22N4/c1-10-14-12(8-13(15-10)16(2)3)11-6-5-7-17(4)9-11/h8,11H,5-7,9H2,1-4H3/t11-/m1/s1. The van der Waals surface area contributed by atoms with Crippen molar-refractivity contribution in [1.29, 1.82) is 0 Å². The molecule has 1 aromatic heterocycles. The molecule has 0 saturated carbocycles. The maximum Gasteiger partial charge on any atom is 0.132 e. The van der Waals surface area contributed by atoms with Crippen LogP contribution in [0.4, 0.5) is 5.82 Å². The largest absolute Gasteiger partial charge is 0.363 e. The lowest BCUT2D eigenvalue weighted by Crippen LogP contribution is -2.31. The van der Waals surface area contributed by atoms with Gasteiger partial charge < -0.3 is 9.80 Å². The van der Waals surface area contributed by atoms with E-state index in [2.05, 4.69) is 28.0 Å². The zero-order chi connectivity index (χ0) is 12.4. The van der Waals surface area contributed by atoms with Gasteiger partial charge in [-0.15, -0.1) is 0 Å². The number of likely N-dealkylation sites (N-methyl/N-ethyl adjacent to an activating group) is 1. The molecule has 0 N–H and O–H groups in total. The smallest absolute Gasteiger partial charge is 0.132 e. The molecule has 1 aromatic rings. The van der Waals surface area contributed by atoms with Crippen molar-refractivity contribution in [1.82, 2.24) is 14.9 Å². The molecule has 1 atom stereocenters. The second-order valence-corrected chi connectivity index (χ2v) is 5.19. The van der Waals surface area contributed by atoms with Crippen molar-refractivity contribution in [2.45, 2.75) is 25.7 Å². The van der Waals surface area contributed by atoms with Gasteiger partial charge in [-0.3, -0.25) is 0 Å². The van der Waals surface area contributed by atoms with Gasteiger partial charge in [-0.25, -0.2) is 9.97 Å². The Hall–Kier alpha value is -1.16. The van der Waals surface area contributed by atoms with Crippen molar-refractivity contribution in [2.24, 2.45) is 0 Å². The first kappa shape index (κ1) is 12.3. The van der Waals surface area contributed by atoms with Gasteiger partial charge in [0.25, 0.3) is 0 Å². The number of aryl methyl sites for hydroxylation is 1. The van der Waals surface area contributed by atoms with Crippen LogP contribution >= 0.6 is 0 Å². The highest BCUT2D eigenvalue weighted by Crippen LogP contribution is 2.26. The molecule has 1 aliphatic heterocycles. The third-order valence-electron chi connectivity index (χ3n) is 3.35. The molecule has 0 unspecified atom stereocenters. The Morgan fingerprint density at radius 3 is 2.76 bits per heavy atom. The number of hydrogen-bond donors (Lipinski definition) is 0. The van der Waals surface area contributed by atoms with E-state index in [-0.39, 0.29) is 0 Å². The molecule has 1 aliphatic rings. The zero-order valence-corrected chi connectivity index (χ0v) is 11.3. The van der Waals surface area contributed by atoms with Crippen LogP contribution in [0.1, 0.15) is 30.3 Å². The molecule has 2 rings (SSSR count). The summed E-state index contributed by atoms with van der Waals surface area (Å²) >= 11 is 0. The summed E-state index contributed by atoms with van der Waals surface area (Å²) in [6.07, 6.45) is 2.51. The summed E-state index contributed by atoms with van der Waals surface area (Å²) in [6.45, 7) is 4.30. The molecule has 0 radical (unpaired) electrons. The van der Waals surface area contributed by atoms with Crippen LogP contribution in [0.3, 0.4) is 0 Å². The van der Waals surface area contributed by atoms with Gasteiger partial charge in [-0.05, 0) is 33.4 Å². The van der Waals surface area contributed by atoms with Gasteiger partial charge in [0, 0.05) is 32.6 Å². The Labute approximate surface area is 104 Å². The molecular formula is C13H22N4. The van der Waals surface area contributed by atoms with Crippen LogP contribution in [0.25, 0.3) is 0 Å². The molecule has 0 spiro atoms. The molecular weight excluding hydrogens is 212 g/mol. The summed E-state index contributed by atoms with van der Waals surface area (Å²) in [4.78, 5) is 13.5. The van der Waals surface area contributed by atoms with E-state index >= 15 is 0 Å². The fourth-order valence-corrected chi connectivity index (χ4v) is 2.42. The second kappa shape index (κ2) is 5.00. The van der Waals surface area contributed by atoms with Crippen LogP contribution < -0.4 is 4.90 Å². The van der Waals surface area contributed by atoms with Gasteiger partial charge in [0.2, 0.25) is 0 Å². The fraction of sp³-hybridized carbons (Fsp3) is 0.692. The molecule has 0 bridgehead atoms. The van der Waals surface area contributed by atoms with Crippen LogP contribution in [0.5, 0.6) is 0 Å². The Morgan fingerprint density at radius 2 is 2.12 bits per heavy atom. The van der Waals surface area contributed by atoms with Gasteiger partial charge in [-0.2, -0.15) is 0 Å². The topological polar surface area (TPSA) is 32.3 Å². The van der Waals surface area contributed by atoms with Crippen molar-refractivity contribution >= 4 is 5.82 Å². The summed E-state index contributed by atoms with van der Waals surface area (Å²) in [5, 5.41) is 0. The first-order valence-electron chi connectivity index (χ1n) is 6.27. The lowest BCUT2D eigenvalue weighted by Gasteiger charge is -2.29. The first-order chi connectivity index (χ1) is 8.06. The summed E-state index contributed by atoms with van der Waals surface area (Å²) < 4.78 is 0. The Kier molecular flexibility index (Phi) is 3.62. The number of rotatable bonds is 2. The highest BCUT2D eigenvalue weighted by molar-refractivity contribution is 5.38. The summed E-state index contributed by atoms with van der Waals surface area (Å²) in [7, 11) is 6.24. The Bertz CT molecular complexity index is 389. The quantitative estimate of drug-likeness (QED) is 0.779. The van der Waals surface area contributed by atoms with Gasteiger partial charge in [0.05, 0.1) is 5.69 Å². The maximum absolute atomic E-state index is 4.61. The second-order valence-electron chi connectivity index (χ2n) is 5.19. The zero-order valence-electron chi connectivity index (χ0n) is 11.3. The van der Waals surface area contributed by atoms with Crippen molar-refractivity contribution in [3.8, 4) is 0 Å². The summed E-state index contributed by atoms with van der Waals surface area (Å²) in [5.41, 5.74) is 1.20. The first-order valence-corrected chi connectivity index (χ1v) is 6.27. The molecule has 4 heteroatoms. The normalized spacial score (nSPS) is 21.5. The van der Waals surface area contributed by atoms with E-state index in [0.717, 1.165) is 18.2 Å². The van der Waals surface area contributed by atoms with E-state index in [9.17, 15) is 0 Å². The highest BCUT2D eigenvalue weighted by atomic mass is 15.2. The third kappa shape index (κ3) is 2.94. The van der Waals surface area contributed by atoms with Crippen LogP contribution in [0.2, 0.25) is 0 Å². The van der Waals surface area contributed by atoms with Crippen molar-refractivity contribution in [2.75, 3.05) is 39.1 Å². The molecule has 17 heavy (non-hydrogen) atoms. The predicted octanol–water partition coefficient (Wildman–Crippen LogP) is 1.66. The van der Waals surface area contributed by atoms with E-state index in [1.54, 1.807) is 0 Å². The van der Waals surface area contributed by atoms with Crippen LogP contribution in [-0.2, 0) is 0 Å². The predicted molar refractivity (Wildman–Crippen MR) is 70.6 cm³/mol. The van der Waals surface area contributed by atoms with E-state index in [1.165, 1.54) is 25.1 Å². The number of hydrogen-bond acceptors (Lipinski definition) is 4. The summed E-state index contributed by atoms with van der Waals surface area (Å²) in [5.74, 6) is 2.45. The lowest BCUT2D eigenvalue weighted by atomic mass is 9.95. The van der Waals surface area contributed by atoms with E-state index in [4.69, 9.17) is 0 Å². The average molecular weight is 234 g/mol. The van der Waals surface area contributed by atoms with E-state index < -0.39 is 0 Å². The SMILES string of the molecule is Cc1nc([C@@H]2CCCN(C)C2)cc(N(C)C)n1. The molecule has 4 nitrogen and oxygen atoms in total. The highest BCUT2D eigenvalue weighted by Gasteiger charge is 2.21. The molecule has 0 aromatic carbocycles. The number of nitrogens with zero attached hydrogens (tertiary/aromatic N) is 4. The minimum Gasteiger partial charge on any atom is -0.363 e. The van der Waals surface area contributed by atoms with Gasteiger partial charge in [-0.1, -0.05) is 0 Å². The van der Waals surface area contributed by atoms with Crippen molar-refractivity contribution in [3.05, 3.63) is 17.6 Å². The third-order valence-corrected chi connectivity index (χ3v) is 3.35. The molecule has 1 saturated heterocycles. The van der Waals surface area contributed by atoms with Gasteiger partial charge in [0.1, 0.15) is 11.6 Å². The van der Waals surface area contributed by atoms with Crippen molar-refractivity contribution < 1.29 is 0 Å². The Morgan fingerprint density at radius 1 is 1.35 bits per heavy atom. The molecule has 0 aliphatic carbocycles. The van der Waals surface area contributed by atoms with Gasteiger partial charge in [0.15, 0.2) is 0 Å². The van der Waals surface area contributed by atoms with Crippen LogP contribution in [0, 0.1) is 6.92 Å². The number of aromatic nitrogens is 2. The maximum atomic E-state index is 4.61. The fourth-order valence-electron chi connectivity index (χ4n) is 2.42. The molecule has 2 heterocycles. The minimum atomic E-state index is 0.564. The average Bonchev–Trinajstić information content (AvgIpc) is 2.28. The van der Waals surface area contributed by atoms with E-state index in [1.807, 2.05) is 25.9 Å². The number of anilines is 1. The summed E-state index contributed by atoms with van der Waals surface area (Å²) in [6, 6.07) is 2.14. The van der Waals surface area contributed by atoms with Gasteiger partial charge >= 0.3 is 0 Å². The van der Waals surface area contributed by atoms with Crippen LogP contribution in [0.15, 0.2) is 6.07 Å². The minimum absolute atomic E-state index is 0.564. The monoisotopic (exact) mass is 234 g/mol. The molecule has 94 valence electrons. The lowest BCUT2D eigenvalue weighted by molar-refractivity contribution is 0.248. The number of piperidine rings is 1. The van der Waals surface area contributed by atoms with Crippen LogP contribution in [-0.4, -0.2) is 49.1 Å².